The molecule has 20 heavy (non-hydrogen) atoms. The SMILES string of the molecule is Cn1nnc(C(=O)NC2CN(S(=O)(=O)F)C2)c1C(F)F. The molecule has 0 bridgehead atoms. The fourth-order valence-corrected chi connectivity index (χ4v) is 2.45. The second-order valence-electron chi connectivity index (χ2n) is 4.18. The smallest absolute Gasteiger partial charge is 0.345 e. The Morgan fingerprint density at radius 3 is 2.55 bits per heavy atom. The summed E-state index contributed by atoms with van der Waals surface area (Å²) in [5, 5.41) is 8.94. The van der Waals surface area contributed by atoms with Gasteiger partial charge in [0.25, 0.3) is 12.3 Å². The number of halogens is 3. The Balaban J connectivity index is 2.01. The number of aromatic nitrogens is 3. The highest BCUT2D eigenvalue weighted by atomic mass is 32.3. The van der Waals surface area contributed by atoms with E-state index in [4.69, 9.17) is 0 Å². The lowest BCUT2D eigenvalue weighted by atomic mass is 10.1. The number of nitrogens with zero attached hydrogens (tertiary/aromatic N) is 4. The maximum atomic E-state index is 12.7. The zero-order valence-corrected chi connectivity index (χ0v) is 10.9. The van der Waals surface area contributed by atoms with E-state index in [0.717, 1.165) is 4.68 Å². The van der Waals surface area contributed by atoms with Crippen molar-refractivity contribution in [3.63, 3.8) is 0 Å². The van der Waals surface area contributed by atoms with Gasteiger partial charge in [-0.05, 0) is 0 Å². The molecule has 0 atom stereocenters. The van der Waals surface area contributed by atoms with Gasteiger partial charge in [0.1, 0.15) is 5.69 Å². The number of aryl methyl sites for hydroxylation is 1. The van der Waals surface area contributed by atoms with E-state index in [1.54, 1.807) is 0 Å². The highest BCUT2D eigenvalue weighted by Crippen LogP contribution is 2.21. The summed E-state index contributed by atoms with van der Waals surface area (Å²) in [6, 6.07) is -0.652. The van der Waals surface area contributed by atoms with Gasteiger partial charge in [-0.2, -0.15) is 12.7 Å². The first kappa shape index (κ1) is 14.7. The number of hydrogen-bond donors (Lipinski definition) is 1. The fraction of sp³-hybridized carbons (Fsp3) is 0.625. The molecule has 1 N–H and O–H groups in total. The lowest BCUT2D eigenvalue weighted by molar-refractivity contribution is 0.0872. The molecule has 0 aliphatic carbocycles. The van der Waals surface area contributed by atoms with E-state index in [1.807, 2.05) is 0 Å². The summed E-state index contributed by atoms with van der Waals surface area (Å²) >= 11 is 0. The van der Waals surface area contributed by atoms with Crippen molar-refractivity contribution < 1.29 is 25.9 Å². The Morgan fingerprint density at radius 2 is 2.05 bits per heavy atom. The fourth-order valence-electron chi connectivity index (χ4n) is 1.73. The minimum absolute atomic E-state index is 0.255. The molecule has 2 heterocycles. The molecular weight excluding hydrogens is 303 g/mol. The van der Waals surface area contributed by atoms with Crippen LogP contribution < -0.4 is 5.32 Å². The summed E-state index contributed by atoms with van der Waals surface area (Å²) in [6.07, 6.45) is -2.93. The topological polar surface area (TPSA) is 97.2 Å². The second kappa shape index (κ2) is 5.01. The average Bonchev–Trinajstić information content (AvgIpc) is 2.62. The molecule has 0 spiro atoms. The zero-order chi connectivity index (χ0) is 15.1. The normalized spacial score (nSPS) is 17.2. The van der Waals surface area contributed by atoms with Gasteiger partial charge in [-0.25, -0.2) is 13.5 Å². The predicted octanol–water partition coefficient (Wildman–Crippen LogP) is -0.619. The molecular formula is C8H10F3N5O3S. The molecule has 1 aromatic rings. The molecule has 2 rings (SSSR count). The van der Waals surface area contributed by atoms with Crippen molar-refractivity contribution in [3.05, 3.63) is 11.4 Å². The minimum atomic E-state index is -4.79. The number of alkyl halides is 2. The van der Waals surface area contributed by atoms with E-state index in [2.05, 4.69) is 15.6 Å². The van der Waals surface area contributed by atoms with Gasteiger partial charge < -0.3 is 5.32 Å². The van der Waals surface area contributed by atoms with Gasteiger partial charge in [0, 0.05) is 20.1 Å². The van der Waals surface area contributed by atoms with Crippen LogP contribution in [-0.4, -0.2) is 52.8 Å². The monoisotopic (exact) mass is 313 g/mol. The molecule has 8 nitrogen and oxygen atoms in total. The van der Waals surface area contributed by atoms with Gasteiger partial charge in [0.15, 0.2) is 5.69 Å². The van der Waals surface area contributed by atoms with Crippen LogP contribution in [0.5, 0.6) is 0 Å². The highest BCUT2D eigenvalue weighted by molar-refractivity contribution is 7.84. The Hall–Kier alpha value is -1.69. The van der Waals surface area contributed by atoms with Gasteiger partial charge in [-0.15, -0.1) is 5.10 Å². The molecule has 0 radical (unpaired) electrons. The number of carbonyl (C=O) groups excluding carboxylic acids is 1. The Kier molecular flexibility index (Phi) is 3.69. The summed E-state index contributed by atoms with van der Waals surface area (Å²) in [6.45, 7) is -0.510. The van der Waals surface area contributed by atoms with Crippen molar-refractivity contribution in [1.82, 2.24) is 24.6 Å². The lowest BCUT2D eigenvalue weighted by Gasteiger charge is -2.35. The molecule has 1 aromatic heterocycles. The minimum Gasteiger partial charge on any atom is -0.345 e. The number of rotatable bonds is 4. The van der Waals surface area contributed by atoms with Crippen molar-refractivity contribution in [2.45, 2.75) is 12.5 Å². The molecule has 0 saturated carbocycles. The summed E-state index contributed by atoms with van der Waals surface area (Å²) in [4.78, 5) is 11.7. The zero-order valence-electron chi connectivity index (χ0n) is 10.1. The van der Waals surface area contributed by atoms with Crippen molar-refractivity contribution in [2.24, 2.45) is 7.05 Å². The molecule has 1 amide bonds. The van der Waals surface area contributed by atoms with Crippen molar-refractivity contribution in [3.8, 4) is 0 Å². The Labute approximate surface area is 111 Å². The first-order valence-corrected chi connectivity index (χ1v) is 6.72. The maximum absolute atomic E-state index is 12.7. The largest absolute Gasteiger partial charge is 0.374 e. The maximum Gasteiger partial charge on any atom is 0.374 e. The van der Waals surface area contributed by atoms with E-state index < -0.39 is 40.2 Å². The third kappa shape index (κ3) is 2.75. The number of nitrogens with one attached hydrogen (secondary N) is 1. The molecule has 112 valence electrons. The molecule has 1 saturated heterocycles. The summed E-state index contributed by atoms with van der Waals surface area (Å²) < 4.78 is 60.2. The first-order chi connectivity index (χ1) is 9.20. The van der Waals surface area contributed by atoms with Crippen LogP contribution in [0.3, 0.4) is 0 Å². The van der Waals surface area contributed by atoms with Gasteiger partial charge in [-0.3, -0.25) is 4.79 Å². The van der Waals surface area contributed by atoms with E-state index >= 15 is 0 Å². The van der Waals surface area contributed by atoms with Crippen LogP contribution >= 0.6 is 0 Å². The average molecular weight is 313 g/mol. The van der Waals surface area contributed by atoms with Gasteiger partial charge in [-0.1, -0.05) is 9.10 Å². The Bertz CT molecular complexity index is 625. The summed E-state index contributed by atoms with van der Waals surface area (Å²) in [5.41, 5.74) is -1.18. The van der Waals surface area contributed by atoms with Crippen LogP contribution in [0.1, 0.15) is 22.6 Å². The molecule has 0 aromatic carbocycles. The Morgan fingerprint density at radius 1 is 1.45 bits per heavy atom. The molecule has 1 aliphatic rings. The third-order valence-corrected chi connectivity index (χ3v) is 3.70. The number of carbonyl (C=O) groups is 1. The van der Waals surface area contributed by atoms with E-state index in [1.165, 1.54) is 7.05 Å². The van der Waals surface area contributed by atoms with Crippen molar-refractivity contribution in [2.75, 3.05) is 13.1 Å². The van der Waals surface area contributed by atoms with Crippen molar-refractivity contribution >= 4 is 16.3 Å². The standard InChI is InChI=1S/C8H10F3N5O3S/c1-15-6(7(9)10)5(13-14-15)8(17)12-4-2-16(3-4)20(11,18)19/h4,7H,2-3H2,1H3,(H,12,17). The van der Waals surface area contributed by atoms with Crippen LogP contribution in [0.4, 0.5) is 12.7 Å². The molecule has 1 fully saturated rings. The van der Waals surface area contributed by atoms with Gasteiger partial charge >= 0.3 is 10.4 Å². The van der Waals surface area contributed by atoms with Crippen LogP contribution in [0.2, 0.25) is 0 Å². The summed E-state index contributed by atoms with van der Waals surface area (Å²) in [5.74, 6) is -0.908. The second-order valence-corrected chi connectivity index (χ2v) is 5.52. The van der Waals surface area contributed by atoms with Crippen LogP contribution in [0.25, 0.3) is 0 Å². The number of hydrogen-bond acceptors (Lipinski definition) is 5. The van der Waals surface area contributed by atoms with E-state index in [9.17, 15) is 25.9 Å². The molecule has 0 unspecified atom stereocenters. The van der Waals surface area contributed by atoms with E-state index in [-0.39, 0.29) is 13.1 Å². The predicted molar refractivity (Wildman–Crippen MR) is 58.8 cm³/mol. The molecule has 12 heteroatoms. The van der Waals surface area contributed by atoms with Crippen LogP contribution in [0.15, 0.2) is 0 Å². The van der Waals surface area contributed by atoms with Crippen molar-refractivity contribution in [1.29, 1.82) is 0 Å². The van der Waals surface area contributed by atoms with Crippen LogP contribution in [-0.2, 0) is 17.5 Å². The number of amides is 1. The quantitative estimate of drug-likeness (QED) is 0.747. The lowest BCUT2D eigenvalue weighted by Crippen LogP contribution is -2.60. The van der Waals surface area contributed by atoms with Crippen LogP contribution in [0, 0.1) is 0 Å². The highest BCUT2D eigenvalue weighted by Gasteiger charge is 2.37. The third-order valence-electron chi connectivity index (χ3n) is 2.78. The first-order valence-electron chi connectivity index (χ1n) is 5.38. The van der Waals surface area contributed by atoms with E-state index in [0.29, 0.717) is 4.31 Å². The van der Waals surface area contributed by atoms with Gasteiger partial charge in [0.05, 0.1) is 6.04 Å². The summed E-state index contributed by atoms with van der Waals surface area (Å²) in [7, 11) is -3.57. The molecule has 1 aliphatic heterocycles. The van der Waals surface area contributed by atoms with Gasteiger partial charge in [0.2, 0.25) is 0 Å².